The van der Waals surface area contributed by atoms with Crippen molar-refractivity contribution in [2.24, 2.45) is 5.41 Å². The molecule has 0 aliphatic carbocycles. The molecule has 4 aromatic rings. The largest absolute Gasteiger partial charge is 0.416 e. The summed E-state index contributed by atoms with van der Waals surface area (Å²) in [5.74, 6) is 0.972. The summed E-state index contributed by atoms with van der Waals surface area (Å²) in [5.41, 5.74) is 6.14. The van der Waals surface area contributed by atoms with Crippen LogP contribution < -0.4 is 4.72 Å². The molecule has 8 heteroatoms. The van der Waals surface area contributed by atoms with Gasteiger partial charge < -0.3 is 4.72 Å². The molecule has 0 bridgehead atoms. The molecule has 5 rings (SSSR count). The first-order chi connectivity index (χ1) is 22.3. The normalized spacial score (nSPS) is 16.0. The molecule has 1 heterocycles. The van der Waals surface area contributed by atoms with Crippen molar-refractivity contribution >= 4 is 35.5 Å². The maximum atomic E-state index is 13.0. The third-order valence-corrected chi connectivity index (χ3v) is 11.2. The minimum absolute atomic E-state index is 0.0550. The van der Waals surface area contributed by atoms with Gasteiger partial charge in [0.1, 0.15) is 0 Å². The van der Waals surface area contributed by atoms with Crippen molar-refractivity contribution in [2.75, 3.05) is 13.1 Å². The predicted molar refractivity (Wildman–Crippen MR) is 194 cm³/mol. The van der Waals surface area contributed by atoms with E-state index in [0.29, 0.717) is 16.7 Å². The average Bonchev–Trinajstić information content (AvgIpc) is 3.04. The van der Waals surface area contributed by atoms with Gasteiger partial charge in [-0.2, -0.15) is 13.2 Å². The molecule has 1 saturated heterocycles. The Morgan fingerprint density at radius 1 is 0.957 bits per heavy atom. The van der Waals surface area contributed by atoms with E-state index in [2.05, 4.69) is 116 Å². The number of alkyl halides is 3. The topological polar surface area (TPSA) is 15.3 Å². The minimum Gasteiger partial charge on any atom is -0.329 e. The summed E-state index contributed by atoms with van der Waals surface area (Å²) in [6, 6.07) is 30.0. The van der Waals surface area contributed by atoms with Gasteiger partial charge in [-0.05, 0) is 113 Å². The molecule has 1 N–H and O–H groups in total. The fraction of sp³-hybridized carbons (Fsp3) is 0.333. The van der Waals surface area contributed by atoms with Crippen LogP contribution in [-0.2, 0) is 12.6 Å². The molecule has 1 atom stereocenters. The number of halogens is 4. The Bertz CT molecular complexity index is 1680. The quantitative estimate of drug-likeness (QED) is 0.157. The molecule has 0 aromatic heterocycles. The number of nitrogens with one attached hydrogen (secondary N) is 1. The van der Waals surface area contributed by atoms with Crippen molar-refractivity contribution in [1.82, 2.24) is 9.03 Å². The van der Waals surface area contributed by atoms with Gasteiger partial charge >= 0.3 is 6.18 Å². The summed E-state index contributed by atoms with van der Waals surface area (Å²) < 4.78 is 44.8. The molecular weight excluding hydrogens is 653 g/mol. The van der Waals surface area contributed by atoms with Crippen LogP contribution in [-0.4, -0.2) is 17.4 Å². The van der Waals surface area contributed by atoms with Crippen LogP contribution in [0.5, 0.6) is 0 Å². The van der Waals surface area contributed by atoms with Crippen LogP contribution in [0.4, 0.5) is 13.2 Å². The summed E-state index contributed by atoms with van der Waals surface area (Å²) in [5, 5.41) is 0.0550. The molecular formula is C39H42ClF3N2S2. The second-order valence-electron chi connectivity index (χ2n) is 13.3. The molecule has 1 aliphatic heterocycles. The molecule has 0 spiro atoms. The maximum Gasteiger partial charge on any atom is 0.416 e. The molecule has 4 aromatic carbocycles. The van der Waals surface area contributed by atoms with Gasteiger partial charge in [0.15, 0.2) is 0 Å². The van der Waals surface area contributed by atoms with Crippen molar-refractivity contribution in [3.05, 3.63) is 131 Å². The molecule has 0 radical (unpaired) electrons. The Hall–Kier alpha value is -2.84. The van der Waals surface area contributed by atoms with Crippen molar-refractivity contribution in [3.8, 4) is 11.1 Å². The van der Waals surface area contributed by atoms with Crippen LogP contribution in [0.2, 0.25) is 5.02 Å². The zero-order valence-electron chi connectivity index (χ0n) is 27.3. The van der Waals surface area contributed by atoms with E-state index in [1.165, 1.54) is 50.7 Å². The van der Waals surface area contributed by atoms with Gasteiger partial charge in [-0.25, -0.2) is 4.31 Å². The standard InChI is InChI=1S/C39H42ClF3N2S2/c1-26(2)29-14-16-30(17-15-29)32-11-7-13-35(22-32)47-45-20-8-12-33(25-45)31-10-6-9-28(21-31)24-38(4,5)27(3)44-46-37-19-18-34(23-36(37)40)39(41,42)43/h6-7,9-11,13-19,21-23,26,33,44H,3,8,12,20,24-25H2,1-2,4-5H3. The SMILES string of the molecule is C=C(NSc1ccc(C(F)(F)F)cc1Cl)C(C)(C)Cc1cccc(C2CCCN(Sc3cccc(-c4ccc(C(C)C)cc4)c3)C2)c1. The molecule has 1 unspecified atom stereocenters. The summed E-state index contributed by atoms with van der Waals surface area (Å²) in [6.07, 6.45) is -1.36. The van der Waals surface area contributed by atoms with Crippen molar-refractivity contribution in [2.45, 2.75) is 74.8 Å². The third-order valence-electron chi connectivity index (χ3n) is 8.79. The molecule has 0 saturated carbocycles. The lowest BCUT2D eigenvalue weighted by atomic mass is 9.82. The summed E-state index contributed by atoms with van der Waals surface area (Å²) in [6.45, 7) is 15.0. The first-order valence-electron chi connectivity index (χ1n) is 16.0. The summed E-state index contributed by atoms with van der Waals surface area (Å²) in [4.78, 5) is 1.78. The molecule has 1 aliphatic rings. The maximum absolute atomic E-state index is 13.0. The number of benzene rings is 4. The van der Waals surface area contributed by atoms with Crippen LogP contribution >= 0.6 is 35.5 Å². The highest BCUT2D eigenvalue weighted by atomic mass is 35.5. The first-order valence-corrected chi connectivity index (χ1v) is 18.0. The number of allylic oxidation sites excluding steroid dienone is 1. The average molecular weight is 695 g/mol. The third kappa shape index (κ3) is 9.41. The lowest BCUT2D eigenvalue weighted by Crippen LogP contribution is -2.29. The van der Waals surface area contributed by atoms with Gasteiger partial charge in [-0.1, -0.05) is 107 Å². The smallest absolute Gasteiger partial charge is 0.329 e. The van der Waals surface area contributed by atoms with E-state index in [9.17, 15) is 13.2 Å². The number of hydrogen-bond donors (Lipinski definition) is 1. The zero-order chi connectivity index (χ0) is 33.8. The van der Waals surface area contributed by atoms with E-state index in [1.807, 2.05) is 11.9 Å². The fourth-order valence-electron chi connectivity index (χ4n) is 5.83. The lowest BCUT2D eigenvalue weighted by molar-refractivity contribution is -0.137. The van der Waals surface area contributed by atoms with E-state index in [0.717, 1.165) is 50.2 Å². The second kappa shape index (κ2) is 15.1. The van der Waals surface area contributed by atoms with Crippen molar-refractivity contribution in [1.29, 1.82) is 0 Å². The van der Waals surface area contributed by atoms with Gasteiger partial charge in [0, 0.05) is 34.0 Å². The minimum atomic E-state index is -4.43. The lowest BCUT2D eigenvalue weighted by Gasteiger charge is -2.32. The van der Waals surface area contributed by atoms with E-state index in [1.54, 1.807) is 0 Å². The predicted octanol–water partition coefficient (Wildman–Crippen LogP) is 12.4. The van der Waals surface area contributed by atoms with E-state index in [-0.39, 0.29) is 10.4 Å². The highest BCUT2D eigenvalue weighted by Crippen LogP contribution is 2.38. The molecule has 248 valence electrons. The summed E-state index contributed by atoms with van der Waals surface area (Å²) >= 11 is 9.19. The van der Waals surface area contributed by atoms with Crippen molar-refractivity contribution < 1.29 is 13.2 Å². The zero-order valence-corrected chi connectivity index (χ0v) is 29.7. The van der Waals surface area contributed by atoms with Crippen LogP contribution in [0.3, 0.4) is 0 Å². The van der Waals surface area contributed by atoms with Gasteiger partial charge in [-0.15, -0.1) is 0 Å². The van der Waals surface area contributed by atoms with Gasteiger partial charge in [0.2, 0.25) is 0 Å². The Morgan fingerprint density at radius 3 is 2.40 bits per heavy atom. The molecule has 1 fully saturated rings. The second-order valence-corrected chi connectivity index (χ2v) is 15.7. The Labute approximate surface area is 291 Å². The Balaban J connectivity index is 1.19. The van der Waals surface area contributed by atoms with Gasteiger partial charge in [-0.3, -0.25) is 0 Å². The molecule has 2 nitrogen and oxygen atoms in total. The summed E-state index contributed by atoms with van der Waals surface area (Å²) in [7, 11) is 0. The van der Waals surface area contributed by atoms with Gasteiger partial charge in [0.05, 0.1) is 10.6 Å². The van der Waals surface area contributed by atoms with Crippen LogP contribution in [0.25, 0.3) is 11.1 Å². The monoisotopic (exact) mass is 694 g/mol. The number of piperidine rings is 1. The number of hydrogen-bond acceptors (Lipinski definition) is 4. The molecule has 47 heavy (non-hydrogen) atoms. The van der Waals surface area contributed by atoms with Crippen LogP contribution in [0.1, 0.15) is 74.6 Å². The van der Waals surface area contributed by atoms with Crippen molar-refractivity contribution in [3.63, 3.8) is 0 Å². The van der Waals surface area contributed by atoms with Crippen LogP contribution in [0.15, 0.2) is 113 Å². The fourth-order valence-corrected chi connectivity index (χ4v) is 8.02. The Kier molecular flexibility index (Phi) is 11.4. The number of rotatable bonds is 11. The highest BCUT2D eigenvalue weighted by molar-refractivity contribution is 7.97. The Morgan fingerprint density at radius 2 is 1.70 bits per heavy atom. The van der Waals surface area contributed by atoms with E-state index < -0.39 is 11.7 Å². The van der Waals surface area contributed by atoms with Gasteiger partial charge in [0.25, 0.3) is 0 Å². The highest BCUT2D eigenvalue weighted by Gasteiger charge is 2.31. The van der Waals surface area contributed by atoms with E-state index in [4.69, 9.17) is 11.6 Å². The van der Waals surface area contributed by atoms with Crippen LogP contribution in [0, 0.1) is 5.41 Å². The van der Waals surface area contributed by atoms with E-state index >= 15 is 0 Å². The first kappa shape index (κ1) is 35.5. The number of nitrogens with zero attached hydrogens (tertiary/aromatic N) is 1. The molecule has 0 amide bonds.